The zero-order valence-electron chi connectivity index (χ0n) is 15.4. The molecule has 1 atom stereocenters. The van der Waals surface area contributed by atoms with Gasteiger partial charge in [0.15, 0.2) is 5.54 Å². The van der Waals surface area contributed by atoms with E-state index in [1.807, 2.05) is 34.6 Å². The number of carbonyl (C=O) groups is 2. The Morgan fingerprint density at radius 3 is 2.25 bits per heavy atom. The molecule has 0 N–H and O–H groups in total. The summed E-state index contributed by atoms with van der Waals surface area (Å²) in [6.07, 6.45) is 0.756. The van der Waals surface area contributed by atoms with E-state index in [2.05, 4.69) is 0 Å². The number of anilines is 1. The van der Waals surface area contributed by atoms with E-state index in [-0.39, 0.29) is 24.2 Å². The van der Waals surface area contributed by atoms with E-state index in [0.717, 1.165) is 0 Å². The number of hydrogen-bond acceptors (Lipinski definition) is 4. The van der Waals surface area contributed by atoms with Gasteiger partial charge in [0.25, 0.3) is 0 Å². The lowest BCUT2D eigenvalue weighted by molar-refractivity contribution is -0.168. The van der Waals surface area contributed by atoms with Crippen LogP contribution >= 0.6 is 0 Å². The molecule has 0 bridgehead atoms. The van der Waals surface area contributed by atoms with Crippen LogP contribution in [0.1, 0.15) is 47.5 Å². The lowest BCUT2D eigenvalue weighted by Gasteiger charge is -2.51. The Labute approximate surface area is 143 Å². The van der Waals surface area contributed by atoms with Crippen molar-refractivity contribution in [3.63, 3.8) is 0 Å². The number of methoxy groups -OCH3 is 1. The highest BCUT2D eigenvalue weighted by Crippen LogP contribution is 2.43. The van der Waals surface area contributed by atoms with Gasteiger partial charge in [0.1, 0.15) is 11.4 Å². The van der Waals surface area contributed by atoms with Crippen molar-refractivity contribution in [2.45, 2.75) is 58.6 Å². The number of carbonyl (C=O) groups excluding carboxylic acids is 2. The second kappa shape index (κ2) is 6.46. The Kier molecular flexibility index (Phi) is 4.92. The van der Waals surface area contributed by atoms with E-state index < -0.39 is 11.1 Å². The highest BCUT2D eigenvalue weighted by Gasteiger charge is 2.59. The van der Waals surface area contributed by atoms with Crippen molar-refractivity contribution in [2.24, 2.45) is 5.92 Å². The van der Waals surface area contributed by atoms with Gasteiger partial charge in [-0.1, -0.05) is 13.8 Å². The fraction of sp³-hybridized carbons (Fsp3) is 0.579. The molecule has 1 amide bonds. The summed E-state index contributed by atoms with van der Waals surface area (Å²) in [4.78, 5) is 26.8. The van der Waals surface area contributed by atoms with E-state index in [0.29, 0.717) is 17.9 Å². The van der Waals surface area contributed by atoms with Gasteiger partial charge in [-0.05, 0) is 57.4 Å². The molecule has 0 radical (unpaired) electrons. The largest absolute Gasteiger partial charge is 0.497 e. The molecule has 0 saturated carbocycles. The van der Waals surface area contributed by atoms with Crippen LogP contribution in [0.2, 0.25) is 0 Å². The van der Waals surface area contributed by atoms with Crippen molar-refractivity contribution in [1.29, 1.82) is 0 Å². The van der Waals surface area contributed by atoms with Crippen LogP contribution in [0.25, 0.3) is 0 Å². The molecule has 1 fully saturated rings. The number of hydrogen-bond donors (Lipinski definition) is 0. The molecule has 1 heterocycles. The minimum Gasteiger partial charge on any atom is -0.497 e. The van der Waals surface area contributed by atoms with Crippen LogP contribution in [0.4, 0.5) is 5.69 Å². The van der Waals surface area contributed by atoms with Gasteiger partial charge < -0.3 is 9.47 Å². The first-order chi connectivity index (χ1) is 11.1. The molecule has 5 heteroatoms. The second-order valence-electron chi connectivity index (χ2n) is 7.74. The molecule has 0 aliphatic carbocycles. The summed E-state index contributed by atoms with van der Waals surface area (Å²) in [6, 6.07) is 7.18. The van der Waals surface area contributed by atoms with Crippen LogP contribution in [0.5, 0.6) is 5.75 Å². The Morgan fingerprint density at radius 1 is 1.25 bits per heavy atom. The van der Waals surface area contributed by atoms with Crippen molar-refractivity contribution < 1.29 is 19.1 Å². The maximum Gasteiger partial charge on any atom is 0.333 e. The van der Waals surface area contributed by atoms with Crippen molar-refractivity contribution in [1.82, 2.24) is 0 Å². The number of nitrogens with zero attached hydrogens (tertiary/aromatic N) is 1. The van der Waals surface area contributed by atoms with E-state index in [1.54, 1.807) is 36.3 Å². The molecule has 1 aromatic carbocycles. The molecular formula is C19H27NO4. The zero-order chi connectivity index (χ0) is 18.1. The first-order valence-corrected chi connectivity index (χ1v) is 8.29. The van der Waals surface area contributed by atoms with Gasteiger partial charge in [0.05, 0.1) is 13.5 Å². The van der Waals surface area contributed by atoms with Gasteiger partial charge in [0, 0.05) is 5.69 Å². The average Bonchev–Trinajstić information content (AvgIpc) is 2.44. The highest BCUT2D eigenvalue weighted by atomic mass is 16.6. The molecule has 1 unspecified atom stereocenters. The van der Waals surface area contributed by atoms with Crippen LogP contribution in [-0.4, -0.2) is 30.1 Å². The zero-order valence-corrected chi connectivity index (χ0v) is 15.4. The third-order valence-electron chi connectivity index (χ3n) is 3.98. The molecule has 1 aromatic rings. The Hall–Kier alpha value is -2.04. The fourth-order valence-corrected chi connectivity index (χ4v) is 3.14. The van der Waals surface area contributed by atoms with Crippen LogP contribution < -0.4 is 9.64 Å². The molecule has 132 valence electrons. The monoisotopic (exact) mass is 333 g/mol. The quantitative estimate of drug-likeness (QED) is 0.611. The summed E-state index contributed by atoms with van der Waals surface area (Å²) < 4.78 is 10.8. The number of β-lactam (4-membered cyclic amide) rings is 1. The van der Waals surface area contributed by atoms with Gasteiger partial charge in [-0.2, -0.15) is 0 Å². The Morgan fingerprint density at radius 2 is 1.83 bits per heavy atom. The topological polar surface area (TPSA) is 55.8 Å². The minimum absolute atomic E-state index is 0.0633. The Balaban J connectivity index is 2.38. The summed E-state index contributed by atoms with van der Waals surface area (Å²) >= 11 is 0. The van der Waals surface area contributed by atoms with Crippen LogP contribution in [0, 0.1) is 5.92 Å². The van der Waals surface area contributed by atoms with Gasteiger partial charge >= 0.3 is 5.97 Å². The molecule has 5 nitrogen and oxygen atoms in total. The normalized spacial score (nSPS) is 20.8. The first kappa shape index (κ1) is 18.3. The maximum atomic E-state index is 12.9. The summed E-state index contributed by atoms with van der Waals surface area (Å²) in [6.45, 7) is 9.60. The van der Waals surface area contributed by atoms with E-state index in [4.69, 9.17) is 9.47 Å². The predicted octanol–water partition coefficient (Wildman–Crippen LogP) is 3.56. The lowest BCUT2D eigenvalue weighted by atomic mass is 9.76. The lowest BCUT2D eigenvalue weighted by Crippen LogP contribution is -2.69. The molecule has 24 heavy (non-hydrogen) atoms. The third-order valence-corrected chi connectivity index (χ3v) is 3.98. The predicted molar refractivity (Wildman–Crippen MR) is 93.1 cm³/mol. The molecule has 0 spiro atoms. The highest BCUT2D eigenvalue weighted by molar-refractivity contribution is 6.12. The molecule has 1 aliphatic rings. The van der Waals surface area contributed by atoms with Crippen molar-refractivity contribution >= 4 is 17.6 Å². The molecule has 1 aliphatic heterocycles. The van der Waals surface area contributed by atoms with Crippen LogP contribution in [-0.2, 0) is 14.3 Å². The van der Waals surface area contributed by atoms with Crippen LogP contribution in [0.15, 0.2) is 24.3 Å². The SMILES string of the molecule is COc1ccc(N2C(=O)CC2(CC(C)C)C(=O)OC(C)(C)C)cc1. The number of rotatable bonds is 5. The number of esters is 1. The van der Waals surface area contributed by atoms with Gasteiger partial charge in [-0.15, -0.1) is 0 Å². The second-order valence-corrected chi connectivity index (χ2v) is 7.74. The van der Waals surface area contributed by atoms with Crippen LogP contribution in [0.3, 0.4) is 0 Å². The van der Waals surface area contributed by atoms with Crippen molar-refractivity contribution in [2.75, 3.05) is 12.0 Å². The van der Waals surface area contributed by atoms with E-state index >= 15 is 0 Å². The molecule has 0 aromatic heterocycles. The minimum atomic E-state index is -0.923. The smallest absolute Gasteiger partial charge is 0.333 e. The average molecular weight is 333 g/mol. The summed E-state index contributed by atoms with van der Waals surface area (Å²) in [5.74, 6) is 0.565. The summed E-state index contributed by atoms with van der Waals surface area (Å²) in [5, 5.41) is 0. The molecule has 1 saturated heterocycles. The maximum absolute atomic E-state index is 12.9. The van der Waals surface area contributed by atoms with Gasteiger partial charge in [-0.25, -0.2) is 4.79 Å². The number of ether oxygens (including phenoxy) is 2. The Bertz CT molecular complexity index is 615. The fourth-order valence-electron chi connectivity index (χ4n) is 3.14. The van der Waals surface area contributed by atoms with Gasteiger partial charge in [-0.3, -0.25) is 9.69 Å². The first-order valence-electron chi connectivity index (χ1n) is 8.29. The van der Waals surface area contributed by atoms with Crippen molar-refractivity contribution in [3.05, 3.63) is 24.3 Å². The standard InChI is InChI=1S/C19H27NO4/c1-13(2)11-19(17(22)24-18(3,4)5)12-16(21)20(19)14-7-9-15(23-6)10-8-14/h7-10,13H,11-12H2,1-6H3. The van der Waals surface area contributed by atoms with Crippen molar-refractivity contribution in [3.8, 4) is 5.75 Å². The van der Waals surface area contributed by atoms with Gasteiger partial charge in [0.2, 0.25) is 5.91 Å². The summed E-state index contributed by atoms with van der Waals surface area (Å²) in [7, 11) is 1.59. The molecular weight excluding hydrogens is 306 g/mol. The molecule has 2 rings (SSSR count). The number of benzene rings is 1. The van der Waals surface area contributed by atoms with E-state index in [1.165, 1.54) is 0 Å². The van der Waals surface area contributed by atoms with E-state index in [9.17, 15) is 9.59 Å². The third kappa shape index (κ3) is 3.55. The summed E-state index contributed by atoms with van der Waals surface area (Å²) in [5.41, 5.74) is -0.822. The number of amides is 1.